The molecule has 0 saturated heterocycles. The highest BCUT2D eigenvalue weighted by atomic mass is 32.2. The van der Waals surface area contributed by atoms with E-state index in [1.807, 2.05) is 24.3 Å². The van der Waals surface area contributed by atoms with Crippen LogP contribution in [-0.2, 0) is 0 Å². The molecule has 4 rings (SSSR count). The number of hydrogen-bond donors (Lipinski definition) is 0. The van der Waals surface area contributed by atoms with Crippen molar-refractivity contribution < 1.29 is 0 Å². The van der Waals surface area contributed by atoms with Crippen LogP contribution < -0.4 is 0 Å². The Bertz CT molecular complexity index is 943. The summed E-state index contributed by atoms with van der Waals surface area (Å²) in [5.41, 5.74) is 6.30. The van der Waals surface area contributed by atoms with Crippen LogP contribution in [0.2, 0.25) is 0 Å². The first-order valence-corrected chi connectivity index (χ1v) is 9.53. The van der Waals surface area contributed by atoms with Crippen molar-refractivity contribution in [1.82, 2.24) is 15.0 Å². The maximum absolute atomic E-state index is 4.87. The van der Waals surface area contributed by atoms with E-state index in [-0.39, 0.29) is 0 Å². The molecule has 4 aromatic rings. The van der Waals surface area contributed by atoms with Crippen molar-refractivity contribution in [2.75, 3.05) is 6.26 Å². The molecule has 126 valence electrons. The molecular formula is C22H17N3S. The fraction of sp³-hybridized carbons (Fsp3) is 0.0455. The van der Waals surface area contributed by atoms with Gasteiger partial charge in [0.1, 0.15) is 0 Å². The molecule has 3 nitrogen and oxygen atoms in total. The van der Waals surface area contributed by atoms with Gasteiger partial charge in [0.2, 0.25) is 0 Å². The average molecular weight is 355 g/mol. The zero-order chi connectivity index (χ0) is 17.8. The lowest BCUT2D eigenvalue weighted by atomic mass is 10.0. The molecule has 0 aliphatic carbocycles. The molecule has 3 heterocycles. The molecule has 0 amide bonds. The summed E-state index contributed by atoms with van der Waals surface area (Å²) in [4.78, 5) is 14.4. The Morgan fingerprint density at radius 1 is 0.577 bits per heavy atom. The number of aromatic nitrogens is 3. The largest absolute Gasteiger partial charge is 0.265 e. The topological polar surface area (TPSA) is 38.7 Å². The molecule has 0 fully saturated rings. The summed E-state index contributed by atoms with van der Waals surface area (Å²) in [6, 6.07) is 20.8. The van der Waals surface area contributed by atoms with Crippen molar-refractivity contribution in [3.05, 3.63) is 85.5 Å². The second-order valence-electron chi connectivity index (χ2n) is 5.83. The van der Waals surface area contributed by atoms with E-state index in [0.29, 0.717) is 0 Å². The molecule has 0 bridgehead atoms. The first kappa shape index (κ1) is 16.5. The van der Waals surface area contributed by atoms with Crippen molar-refractivity contribution in [2.45, 2.75) is 4.90 Å². The van der Waals surface area contributed by atoms with E-state index in [1.165, 1.54) is 10.5 Å². The predicted molar refractivity (Wildman–Crippen MR) is 108 cm³/mol. The normalized spacial score (nSPS) is 10.7. The van der Waals surface area contributed by atoms with Crippen molar-refractivity contribution in [3.63, 3.8) is 0 Å². The van der Waals surface area contributed by atoms with Gasteiger partial charge in [-0.15, -0.1) is 11.8 Å². The fourth-order valence-electron chi connectivity index (χ4n) is 2.82. The van der Waals surface area contributed by atoms with Crippen LogP contribution >= 0.6 is 11.8 Å². The van der Waals surface area contributed by atoms with Gasteiger partial charge >= 0.3 is 0 Å². The summed E-state index contributed by atoms with van der Waals surface area (Å²) < 4.78 is 0. The second-order valence-corrected chi connectivity index (χ2v) is 6.71. The summed E-state index contributed by atoms with van der Waals surface area (Å²) in [7, 11) is 0. The zero-order valence-corrected chi connectivity index (χ0v) is 15.1. The lowest BCUT2D eigenvalue weighted by Crippen LogP contribution is -1.91. The summed E-state index contributed by atoms with van der Waals surface area (Å²) in [6.07, 6.45) is 9.27. The van der Waals surface area contributed by atoms with Gasteiger partial charge in [-0.05, 0) is 65.9 Å². The lowest BCUT2D eigenvalue weighted by molar-refractivity contribution is 1.27. The average Bonchev–Trinajstić information content (AvgIpc) is 2.75. The molecule has 0 spiro atoms. The first-order valence-electron chi connectivity index (χ1n) is 8.31. The molecular weight excluding hydrogens is 338 g/mol. The van der Waals surface area contributed by atoms with E-state index in [9.17, 15) is 0 Å². The maximum atomic E-state index is 4.87. The van der Waals surface area contributed by atoms with Crippen molar-refractivity contribution >= 4 is 11.8 Å². The number of rotatable bonds is 4. The quantitative estimate of drug-likeness (QED) is 0.447. The Kier molecular flexibility index (Phi) is 4.75. The van der Waals surface area contributed by atoms with Gasteiger partial charge in [0.05, 0.1) is 11.4 Å². The maximum Gasteiger partial charge on any atom is 0.0716 e. The molecule has 0 aliphatic heterocycles. The number of pyridine rings is 3. The van der Waals surface area contributed by atoms with Gasteiger partial charge in [0.15, 0.2) is 0 Å². The SMILES string of the molecule is CSc1ccc(-c2cc(-c3ccncc3)nc(-c3ccncc3)c2)cc1. The highest BCUT2D eigenvalue weighted by Crippen LogP contribution is 2.30. The van der Waals surface area contributed by atoms with E-state index in [4.69, 9.17) is 4.98 Å². The smallest absolute Gasteiger partial charge is 0.0716 e. The minimum Gasteiger partial charge on any atom is -0.265 e. The zero-order valence-electron chi connectivity index (χ0n) is 14.3. The van der Waals surface area contributed by atoms with Crippen LogP contribution in [0.15, 0.2) is 90.3 Å². The highest BCUT2D eigenvalue weighted by molar-refractivity contribution is 7.98. The van der Waals surface area contributed by atoms with E-state index >= 15 is 0 Å². The Balaban J connectivity index is 1.87. The highest BCUT2D eigenvalue weighted by Gasteiger charge is 2.09. The van der Waals surface area contributed by atoms with Crippen LogP contribution in [0.4, 0.5) is 0 Å². The number of hydrogen-bond acceptors (Lipinski definition) is 4. The van der Waals surface area contributed by atoms with Crippen LogP contribution in [0.1, 0.15) is 0 Å². The van der Waals surface area contributed by atoms with Gasteiger partial charge in [0.25, 0.3) is 0 Å². The van der Waals surface area contributed by atoms with E-state index in [0.717, 1.165) is 28.1 Å². The van der Waals surface area contributed by atoms with E-state index < -0.39 is 0 Å². The molecule has 0 aliphatic rings. The lowest BCUT2D eigenvalue weighted by Gasteiger charge is -2.10. The summed E-state index contributed by atoms with van der Waals surface area (Å²) >= 11 is 1.75. The first-order chi connectivity index (χ1) is 12.8. The van der Waals surface area contributed by atoms with Gasteiger partial charge in [-0.1, -0.05) is 12.1 Å². The Morgan fingerprint density at radius 2 is 1.08 bits per heavy atom. The number of nitrogens with zero attached hydrogens (tertiary/aromatic N) is 3. The molecule has 4 heteroatoms. The molecule has 0 saturated carbocycles. The van der Waals surface area contributed by atoms with Gasteiger partial charge in [-0.3, -0.25) is 9.97 Å². The minimum absolute atomic E-state index is 0.936. The third-order valence-corrected chi connectivity index (χ3v) is 4.94. The monoisotopic (exact) mass is 355 g/mol. The van der Waals surface area contributed by atoms with Crippen molar-refractivity contribution in [1.29, 1.82) is 0 Å². The molecule has 0 unspecified atom stereocenters. The van der Waals surface area contributed by atoms with E-state index in [1.54, 1.807) is 36.5 Å². The van der Waals surface area contributed by atoms with Crippen LogP contribution in [0.25, 0.3) is 33.6 Å². The molecule has 26 heavy (non-hydrogen) atoms. The van der Waals surface area contributed by atoms with Gasteiger partial charge in [-0.2, -0.15) is 0 Å². The summed E-state index contributed by atoms with van der Waals surface area (Å²) in [5, 5.41) is 0. The van der Waals surface area contributed by atoms with Crippen LogP contribution in [-0.4, -0.2) is 21.2 Å². The second kappa shape index (κ2) is 7.50. The van der Waals surface area contributed by atoms with Crippen molar-refractivity contribution in [3.8, 4) is 33.6 Å². The fourth-order valence-corrected chi connectivity index (χ4v) is 3.23. The Labute approximate surface area is 157 Å². The van der Waals surface area contributed by atoms with E-state index in [2.05, 4.69) is 52.6 Å². The van der Waals surface area contributed by atoms with Gasteiger partial charge < -0.3 is 0 Å². The summed E-state index contributed by atoms with van der Waals surface area (Å²) in [5.74, 6) is 0. The Morgan fingerprint density at radius 3 is 1.54 bits per heavy atom. The van der Waals surface area contributed by atoms with Gasteiger partial charge in [-0.25, -0.2) is 4.98 Å². The number of thioether (sulfide) groups is 1. The van der Waals surface area contributed by atoms with Crippen molar-refractivity contribution in [2.24, 2.45) is 0 Å². The number of benzene rings is 1. The van der Waals surface area contributed by atoms with Crippen LogP contribution in [0.5, 0.6) is 0 Å². The molecule has 3 aromatic heterocycles. The van der Waals surface area contributed by atoms with Gasteiger partial charge in [0, 0.05) is 40.8 Å². The predicted octanol–water partition coefficient (Wildman–Crippen LogP) is 5.59. The minimum atomic E-state index is 0.936. The van der Waals surface area contributed by atoms with Crippen LogP contribution in [0.3, 0.4) is 0 Å². The molecule has 1 aromatic carbocycles. The standard InChI is InChI=1S/C22H17N3S/c1-26-20-4-2-16(3-5-20)19-14-21(17-6-10-23-11-7-17)25-22(15-19)18-8-12-24-13-9-18/h2-15H,1H3. The molecule has 0 N–H and O–H groups in total. The summed E-state index contributed by atoms with van der Waals surface area (Å²) in [6.45, 7) is 0. The third kappa shape index (κ3) is 3.51. The molecule has 0 atom stereocenters. The third-order valence-electron chi connectivity index (χ3n) is 4.20. The molecule has 0 radical (unpaired) electrons. The Hall–Kier alpha value is -2.98. The van der Waals surface area contributed by atoms with Crippen LogP contribution in [0, 0.1) is 0 Å².